The molecule has 0 bridgehead atoms. The van der Waals surface area contributed by atoms with E-state index in [1.807, 2.05) is 13.8 Å². The molecule has 0 aliphatic carbocycles. The minimum Gasteiger partial charge on any atom is -0.478 e. The molecule has 0 fully saturated rings. The molecule has 0 aromatic heterocycles. The van der Waals surface area contributed by atoms with Crippen LogP contribution in [0.5, 0.6) is 0 Å². The number of hydrogen-bond acceptors (Lipinski definition) is 3. The Labute approximate surface area is 125 Å². The summed E-state index contributed by atoms with van der Waals surface area (Å²) < 4.78 is 25.5. The molecule has 0 aliphatic rings. The van der Waals surface area contributed by atoms with Gasteiger partial charge in [0.1, 0.15) is 11.1 Å². The van der Waals surface area contributed by atoms with E-state index in [4.69, 9.17) is 5.11 Å². The Morgan fingerprint density at radius 3 is 2.48 bits per heavy atom. The van der Waals surface area contributed by atoms with Gasteiger partial charge < -0.3 is 10.4 Å². The van der Waals surface area contributed by atoms with Crippen LogP contribution in [0, 0.1) is 11.7 Å². The fraction of sp³-hybridized carbons (Fsp3) is 0.429. The Morgan fingerprint density at radius 2 is 1.95 bits per heavy atom. The number of rotatable bonds is 6. The van der Waals surface area contributed by atoms with E-state index in [1.54, 1.807) is 0 Å². The van der Waals surface area contributed by atoms with E-state index in [0.29, 0.717) is 6.54 Å². The van der Waals surface area contributed by atoms with Crippen molar-refractivity contribution >= 4 is 22.7 Å². The smallest absolute Gasteiger partial charge is 0.338 e. The monoisotopic (exact) mass is 315 g/mol. The first-order chi connectivity index (χ1) is 9.73. The standard InChI is InChI=1S/C14H18FNO4S/c1-8(2)7-16-13(17)9(3)21(20)10-4-5-12(15)11(6-10)14(18)19/h4-6,8-9H,7H2,1-3H3,(H,16,17)(H,18,19). The van der Waals surface area contributed by atoms with E-state index in [9.17, 15) is 18.2 Å². The van der Waals surface area contributed by atoms with E-state index < -0.39 is 33.4 Å². The second kappa shape index (κ2) is 7.31. The predicted octanol–water partition coefficient (Wildman–Crippen LogP) is 1.79. The maximum atomic E-state index is 13.3. The lowest BCUT2D eigenvalue weighted by Gasteiger charge is -2.14. The summed E-state index contributed by atoms with van der Waals surface area (Å²) in [5.74, 6) is -2.47. The van der Waals surface area contributed by atoms with E-state index in [1.165, 1.54) is 13.0 Å². The molecule has 0 saturated heterocycles. The molecule has 5 nitrogen and oxygen atoms in total. The molecule has 1 rings (SSSR count). The molecule has 1 amide bonds. The number of amides is 1. The number of aromatic carboxylic acids is 1. The first-order valence-electron chi connectivity index (χ1n) is 6.45. The van der Waals surface area contributed by atoms with Gasteiger partial charge in [-0.3, -0.25) is 9.00 Å². The summed E-state index contributed by atoms with van der Waals surface area (Å²) in [7, 11) is -1.75. The quantitative estimate of drug-likeness (QED) is 0.838. The second-order valence-electron chi connectivity index (χ2n) is 5.03. The third-order valence-corrected chi connectivity index (χ3v) is 4.35. The summed E-state index contributed by atoms with van der Waals surface area (Å²) in [5.41, 5.74) is -0.560. The number of carboxylic acids is 1. The number of carbonyl (C=O) groups is 2. The van der Waals surface area contributed by atoms with Gasteiger partial charge in [-0.2, -0.15) is 0 Å². The van der Waals surface area contributed by atoms with Crippen LogP contribution >= 0.6 is 0 Å². The highest BCUT2D eigenvalue weighted by Gasteiger charge is 2.23. The minimum atomic E-state index is -1.75. The normalized spacial score (nSPS) is 13.8. The topological polar surface area (TPSA) is 83.5 Å². The molecule has 0 radical (unpaired) electrons. The predicted molar refractivity (Wildman–Crippen MR) is 77.1 cm³/mol. The molecule has 2 N–H and O–H groups in total. The highest BCUT2D eigenvalue weighted by atomic mass is 32.2. The lowest BCUT2D eigenvalue weighted by Crippen LogP contribution is -2.37. The van der Waals surface area contributed by atoms with E-state index in [-0.39, 0.29) is 16.7 Å². The lowest BCUT2D eigenvalue weighted by atomic mass is 10.2. The van der Waals surface area contributed by atoms with E-state index >= 15 is 0 Å². The van der Waals surface area contributed by atoms with Gasteiger partial charge in [-0.15, -0.1) is 0 Å². The van der Waals surface area contributed by atoms with Gasteiger partial charge in [0.05, 0.1) is 16.4 Å². The first-order valence-corrected chi connectivity index (χ1v) is 7.66. The molecule has 1 aromatic rings. The van der Waals surface area contributed by atoms with Crippen LogP contribution in [0.4, 0.5) is 4.39 Å². The summed E-state index contributed by atoms with van der Waals surface area (Å²) in [4.78, 5) is 22.8. The van der Waals surface area contributed by atoms with Crippen LogP contribution in [0.3, 0.4) is 0 Å². The van der Waals surface area contributed by atoms with Gasteiger partial charge in [0.25, 0.3) is 0 Å². The van der Waals surface area contributed by atoms with Gasteiger partial charge in [0.15, 0.2) is 0 Å². The van der Waals surface area contributed by atoms with Crippen molar-refractivity contribution in [3.05, 3.63) is 29.6 Å². The molecular weight excluding hydrogens is 297 g/mol. The third-order valence-electron chi connectivity index (χ3n) is 2.78. The fourth-order valence-corrected chi connectivity index (χ4v) is 2.67. The van der Waals surface area contributed by atoms with Crippen molar-refractivity contribution in [2.75, 3.05) is 6.54 Å². The molecule has 0 aliphatic heterocycles. The molecular formula is C14H18FNO4S. The molecule has 0 heterocycles. The number of halogens is 1. The van der Waals surface area contributed by atoms with Crippen LogP contribution in [-0.2, 0) is 15.6 Å². The van der Waals surface area contributed by atoms with Crippen molar-refractivity contribution in [3.8, 4) is 0 Å². The van der Waals surface area contributed by atoms with Crippen molar-refractivity contribution in [3.63, 3.8) is 0 Å². The number of carboxylic acid groups (broad SMARTS) is 1. The summed E-state index contributed by atoms with van der Waals surface area (Å²) in [6.07, 6.45) is 0. The van der Waals surface area contributed by atoms with Crippen molar-refractivity contribution in [2.24, 2.45) is 5.92 Å². The Hall–Kier alpha value is -1.76. The van der Waals surface area contributed by atoms with Gasteiger partial charge in [-0.25, -0.2) is 9.18 Å². The summed E-state index contributed by atoms with van der Waals surface area (Å²) in [6, 6.07) is 3.17. The third kappa shape index (κ3) is 4.63. The molecule has 116 valence electrons. The van der Waals surface area contributed by atoms with Gasteiger partial charge >= 0.3 is 5.97 Å². The maximum Gasteiger partial charge on any atom is 0.338 e. The summed E-state index contributed by atoms with van der Waals surface area (Å²) >= 11 is 0. The molecule has 7 heteroatoms. The molecule has 2 unspecified atom stereocenters. The van der Waals surface area contributed by atoms with Crippen LogP contribution in [0.2, 0.25) is 0 Å². The Balaban J connectivity index is 2.90. The number of carbonyl (C=O) groups excluding carboxylic acids is 1. The summed E-state index contributed by atoms with van der Waals surface area (Å²) in [6.45, 7) is 5.81. The van der Waals surface area contributed by atoms with Crippen LogP contribution < -0.4 is 5.32 Å². The fourth-order valence-electron chi connectivity index (χ4n) is 1.54. The number of hydrogen-bond donors (Lipinski definition) is 2. The van der Waals surface area contributed by atoms with Crippen LogP contribution in [0.25, 0.3) is 0 Å². The van der Waals surface area contributed by atoms with Crippen molar-refractivity contribution < 1.29 is 23.3 Å². The van der Waals surface area contributed by atoms with Crippen molar-refractivity contribution in [1.82, 2.24) is 5.32 Å². The van der Waals surface area contributed by atoms with Gasteiger partial charge in [0.2, 0.25) is 5.91 Å². The zero-order valence-electron chi connectivity index (χ0n) is 12.1. The van der Waals surface area contributed by atoms with Gasteiger partial charge in [0, 0.05) is 11.4 Å². The average Bonchev–Trinajstić information content (AvgIpc) is 2.43. The molecule has 1 aromatic carbocycles. The van der Waals surface area contributed by atoms with Crippen molar-refractivity contribution in [1.29, 1.82) is 0 Å². The summed E-state index contributed by atoms with van der Waals surface area (Å²) in [5, 5.41) is 10.7. The van der Waals surface area contributed by atoms with Crippen molar-refractivity contribution in [2.45, 2.75) is 30.9 Å². The average molecular weight is 315 g/mol. The number of benzene rings is 1. The SMILES string of the molecule is CC(C)CNC(=O)C(C)S(=O)c1ccc(F)c(C(=O)O)c1. The highest BCUT2D eigenvalue weighted by Crippen LogP contribution is 2.17. The zero-order chi connectivity index (χ0) is 16.2. The van der Waals surface area contributed by atoms with E-state index in [2.05, 4.69) is 5.32 Å². The Bertz CT molecular complexity index is 574. The minimum absolute atomic E-state index is 0.112. The number of nitrogens with one attached hydrogen (secondary N) is 1. The second-order valence-corrected chi connectivity index (χ2v) is 6.80. The first kappa shape index (κ1) is 17.3. The zero-order valence-corrected chi connectivity index (χ0v) is 12.9. The van der Waals surface area contributed by atoms with Gasteiger partial charge in [-0.1, -0.05) is 13.8 Å². The maximum absolute atomic E-state index is 13.3. The molecule has 0 spiro atoms. The lowest BCUT2D eigenvalue weighted by molar-refractivity contribution is -0.120. The Morgan fingerprint density at radius 1 is 1.33 bits per heavy atom. The molecule has 21 heavy (non-hydrogen) atoms. The van der Waals surface area contributed by atoms with Crippen LogP contribution in [0.15, 0.2) is 23.1 Å². The van der Waals surface area contributed by atoms with E-state index in [0.717, 1.165) is 12.1 Å². The highest BCUT2D eigenvalue weighted by molar-refractivity contribution is 7.86. The largest absolute Gasteiger partial charge is 0.478 e. The van der Waals surface area contributed by atoms with Crippen LogP contribution in [0.1, 0.15) is 31.1 Å². The van der Waals surface area contributed by atoms with Crippen LogP contribution in [-0.4, -0.2) is 33.0 Å². The molecule has 2 atom stereocenters. The van der Waals surface area contributed by atoms with Gasteiger partial charge in [-0.05, 0) is 31.0 Å². The molecule has 0 saturated carbocycles. The Kier molecular flexibility index (Phi) is 6.02.